The summed E-state index contributed by atoms with van der Waals surface area (Å²) in [5, 5.41) is 1.28. The topological polar surface area (TPSA) is 55.3 Å². The SMILES string of the molecule is O=c1c2ccc(CC3CO3)cc2oc2c(CC3CO3)cccc12. The van der Waals surface area contributed by atoms with Gasteiger partial charge in [0.25, 0.3) is 0 Å². The molecule has 0 aliphatic carbocycles. The fourth-order valence-corrected chi connectivity index (χ4v) is 3.15. The normalized spacial score (nSPS) is 22.6. The van der Waals surface area contributed by atoms with E-state index >= 15 is 0 Å². The number of ether oxygens (including phenoxy) is 2. The molecule has 3 aromatic rings. The van der Waals surface area contributed by atoms with Crippen molar-refractivity contribution < 1.29 is 13.9 Å². The Bertz CT molecular complexity index is 964. The molecule has 0 N–H and O–H groups in total. The van der Waals surface area contributed by atoms with Gasteiger partial charge in [-0.2, -0.15) is 0 Å². The molecule has 0 radical (unpaired) electrons. The first kappa shape index (κ1) is 13.3. The third-order valence-electron chi connectivity index (χ3n) is 4.56. The predicted molar refractivity (Wildman–Crippen MR) is 86.9 cm³/mol. The molecule has 0 bridgehead atoms. The number of fused-ring (bicyclic) bond motifs is 2. The van der Waals surface area contributed by atoms with Gasteiger partial charge in [-0.15, -0.1) is 0 Å². The molecule has 5 rings (SSSR count). The predicted octanol–water partition coefficient (Wildman–Crippen LogP) is 2.83. The number of hydrogen-bond donors (Lipinski definition) is 0. The second kappa shape index (κ2) is 4.91. The maximum Gasteiger partial charge on any atom is 0.200 e. The zero-order chi connectivity index (χ0) is 15.4. The zero-order valence-corrected chi connectivity index (χ0v) is 12.6. The van der Waals surface area contributed by atoms with Gasteiger partial charge < -0.3 is 13.9 Å². The summed E-state index contributed by atoms with van der Waals surface area (Å²) >= 11 is 0. The second-order valence-corrected chi connectivity index (χ2v) is 6.37. The zero-order valence-electron chi connectivity index (χ0n) is 12.6. The molecule has 0 saturated carbocycles. The highest BCUT2D eigenvalue weighted by molar-refractivity contribution is 5.91. The number of hydrogen-bond acceptors (Lipinski definition) is 4. The molecule has 116 valence electrons. The lowest BCUT2D eigenvalue weighted by Crippen LogP contribution is -2.05. The van der Waals surface area contributed by atoms with Crippen LogP contribution in [-0.4, -0.2) is 25.4 Å². The van der Waals surface area contributed by atoms with Crippen molar-refractivity contribution in [3.8, 4) is 0 Å². The minimum Gasteiger partial charge on any atom is -0.456 e. The Morgan fingerprint density at radius 1 is 0.957 bits per heavy atom. The third-order valence-corrected chi connectivity index (χ3v) is 4.56. The molecule has 0 spiro atoms. The third kappa shape index (κ3) is 2.44. The van der Waals surface area contributed by atoms with Crippen molar-refractivity contribution in [1.82, 2.24) is 0 Å². The van der Waals surface area contributed by atoms with Crippen molar-refractivity contribution in [2.75, 3.05) is 13.2 Å². The maximum absolute atomic E-state index is 12.8. The van der Waals surface area contributed by atoms with Crippen LogP contribution in [0.3, 0.4) is 0 Å². The van der Waals surface area contributed by atoms with E-state index in [1.54, 1.807) is 0 Å². The van der Waals surface area contributed by atoms with Crippen LogP contribution >= 0.6 is 0 Å². The van der Waals surface area contributed by atoms with E-state index in [9.17, 15) is 4.79 Å². The summed E-state index contributed by atoms with van der Waals surface area (Å²) in [5.41, 5.74) is 3.57. The largest absolute Gasteiger partial charge is 0.456 e. The van der Waals surface area contributed by atoms with Crippen LogP contribution in [0.5, 0.6) is 0 Å². The Kier molecular flexibility index (Phi) is 2.84. The Hall–Kier alpha value is -2.17. The van der Waals surface area contributed by atoms with Gasteiger partial charge in [0.05, 0.1) is 36.2 Å². The van der Waals surface area contributed by atoms with Gasteiger partial charge in [-0.3, -0.25) is 4.79 Å². The quantitative estimate of drug-likeness (QED) is 0.549. The molecule has 0 amide bonds. The standard InChI is InChI=1S/C19H16O4/c20-18-15-5-4-11(6-13-9-21-13)7-17(15)23-19-12(8-14-10-22-14)2-1-3-16(18)19/h1-5,7,13-14H,6,8-10H2. The molecule has 2 aliphatic heterocycles. The van der Waals surface area contributed by atoms with Gasteiger partial charge >= 0.3 is 0 Å². The summed E-state index contributed by atoms with van der Waals surface area (Å²) in [7, 11) is 0. The first-order valence-electron chi connectivity index (χ1n) is 7.98. The average Bonchev–Trinajstić information content (AvgIpc) is 3.45. The van der Waals surface area contributed by atoms with Gasteiger partial charge in [0.15, 0.2) is 0 Å². The van der Waals surface area contributed by atoms with Crippen molar-refractivity contribution in [2.24, 2.45) is 0 Å². The van der Waals surface area contributed by atoms with Crippen molar-refractivity contribution in [1.29, 1.82) is 0 Å². The van der Waals surface area contributed by atoms with E-state index in [0.29, 0.717) is 28.0 Å². The summed E-state index contributed by atoms with van der Waals surface area (Å²) in [6.07, 6.45) is 2.25. The Labute approximate surface area is 132 Å². The van der Waals surface area contributed by atoms with Gasteiger partial charge in [-0.05, 0) is 29.3 Å². The van der Waals surface area contributed by atoms with Crippen molar-refractivity contribution in [3.63, 3.8) is 0 Å². The maximum atomic E-state index is 12.8. The molecule has 3 heterocycles. The summed E-state index contributed by atoms with van der Waals surface area (Å²) in [4.78, 5) is 12.8. The lowest BCUT2D eigenvalue weighted by Gasteiger charge is -2.07. The highest BCUT2D eigenvalue weighted by atomic mass is 16.6. The lowest BCUT2D eigenvalue weighted by atomic mass is 10.0. The molecule has 2 saturated heterocycles. The molecular formula is C19H16O4. The molecule has 2 atom stereocenters. The van der Waals surface area contributed by atoms with E-state index in [-0.39, 0.29) is 11.5 Å². The van der Waals surface area contributed by atoms with Crippen LogP contribution in [0.15, 0.2) is 45.6 Å². The van der Waals surface area contributed by atoms with E-state index in [1.807, 2.05) is 36.4 Å². The highest BCUT2D eigenvalue weighted by Gasteiger charge is 2.25. The van der Waals surface area contributed by atoms with Crippen molar-refractivity contribution in [2.45, 2.75) is 25.0 Å². The van der Waals surface area contributed by atoms with E-state index in [0.717, 1.165) is 37.2 Å². The van der Waals surface area contributed by atoms with E-state index in [4.69, 9.17) is 13.9 Å². The summed E-state index contributed by atoms with van der Waals surface area (Å²) < 4.78 is 16.7. The number of epoxide rings is 2. The summed E-state index contributed by atoms with van der Waals surface area (Å²) in [6, 6.07) is 11.6. The van der Waals surface area contributed by atoms with Gasteiger partial charge in [0.2, 0.25) is 5.43 Å². The monoisotopic (exact) mass is 308 g/mol. The lowest BCUT2D eigenvalue weighted by molar-refractivity contribution is 0.407. The highest BCUT2D eigenvalue weighted by Crippen LogP contribution is 2.27. The van der Waals surface area contributed by atoms with Crippen LogP contribution in [0, 0.1) is 0 Å². The van der Waals surface area contributed by atoms with Crippen molar-refractivity contribution in [3.05, 3.63) is 57.7 Å². The fourth-order valence-electron chi connectivity index (χ4n) is 3.15. The summed E-state index contributed by atoms with van der Waals surface area (Å²) in [5.74, 6) is 0. The van der Waals surface area contributed by atoms with Crippen LogP contribution in [0.4, 0.5) is 0 Å². The van der Waals surface area contributed by atoms with E-state index in [2.05, 4.69) is 0 Å². The first-order chi connectivity index (χ1) is 11.3. The molecule has 2 fully saturated rings. The first-order valence-corrected chi connectivity index (χ1v) is 7.98. The van der Waals surface area contributed by atoms with Gasteiger partial charge in [0, 0.05) is 12.8 Å². The van der Waals surface area contributed by atoms with Crippen LogP contribution in [0.1, 0.15) is 11.1 Å². The molecule has 4 heteroatoms. The molecule has 1 aromatic heterocycles. The van der Waals surface area contributed by atoms with Crippen LogP contribution in [0.25, 0.3) is 21.9 Å². The van der Waals surface area contributed by atoms with Crippen molar-refractivity contribution >= 4 is 21.9 Å². The fraction of sp³-hybridized carbons (Fsp3) is 0.316. The van der Waals surface area contributed by atoms with Gasteiger partial charge in [-0.25, -0.2) is 0 Å². The Morgan fingerprint density at radius 3 is 2.52 bits per heavy atom. The molecule has 2 unspecified atom stereocenters. The number of benzene rings is 2. The minimum absolute atomic E-state index is 0.0361. The number of rotatable bonds is 4. The van der Waals surface area contributed by atoms with Crippen LogP contribution in [-0.2, 0) is 22.3 Å². The Morgan fingerprint density at radius 2 is 1.74 bits per heavy atom. The molecule has 4 nitrogen and oxygen atoms in total. The molecular weight excluding hydrogens is 292 g/mol. The van der Waals surface area contributed by atoms with Crippen LogP contribution in [0.2, 0.25) is 0 Å². The van der Waals surface area contributed by atoms with E-state index in [1.165, 1.54) is 0 Å². The second-order valence-electron chi connectivity index (χ2n) is 6.37. The number of para-hydroxylation sites is 1. The molecule has 2 aliphatic rings. The van der Waals surface area contributed by atoms with Crippen LogP contribution < -0.4 is 5.43 Å². The van der Waals surface area contributed by atoms with Gasteiger partial charge in [-0.1, -0.05) is 18.2 Å². The minimum atomic E-state index is 0.0361. The average molecular weight is 308 g/mol. The molecule has 2 aromatic carbocycles. The smallest absolute Gasteiger partial charge is 0.200 e. The molecule has 23 heavy (non-hydrogen) atoms. The Balaban J connectivity index is 1.70. The summed E-state index contributed by atoms with van der Waals surface area (Å²) in [6.45, 7) is 1.62. The van der Waals surface area contributed by atoms with Gasteiger partial charge in [0.1, 0.15) is 11.2 Å². The van der Waals surface area contributed by atoms with E-state index < -0.39 is 0 Å².